The zero-order chi connectivity index (χ0) is 20.8. The van der Waals surface area contributed by atoms with E-state index in [1.54, 1.807) is 72.8 Å². The highest BCUT2D eigenvalue weighted by molar-refractivity contribution is 6.08. The third-order valence-corrected chi connectivity index (χ3v) is 4.73. The maximum absolute atomic E-state index is 13.4. The summed E-state index contributed by atoms with van der Waals surface area (Å²) in [6.45, 7) is 0. The molecule has 0 heterocycles. The second-order valence-corrected chi connectivity index (χ2v) is 6.43. The van der Waals surface area contributed by atoms with E-state index < -0.39 is 28.6 Å². The molecule has 0 spiro atoms. The maximum Gasteiger partial charge on any atom is 0.338 e. The van der Waals surface area contributed by atoms with Crippen LogP contribution in [0.2, 0.25) is 0 Å². The number of esters is 1. The highest BCUT2D eigenvalue weighted by Crippen LogP contribution is 2.32. The van der Waals surface area contributed by atoms with Gasteiger partial charge < -0.3 is 4.74 Å². The summed E-state index contributed by atoms with van der Waals surface area (Å²) in [4.78, 5) is 37.0. The fraction of sp³-hybridized carbons (Fsp3) is 0.130. The number of hydrogen-bond acceptors (Lipinski definition) is 5. The molecule has 0 aliphatic carbocycles. The molecular weight excluding hydrogens is 370 g/mol. The molecule has 0 N–H and O–H groups in total. The van der Waals surface area contributed by atoms with Gasteiger partial charge in [0.25, 0.3) is 6.04 Å². The first-order chi connectivity index (χ1) is 14.0. The van der Waals surface area contributed by atoms with Gasteiger partial charge in [-0.3, -0.25) is 14.9 Å². The summed E-state index contributed by atoms with van der Waals surface area (Å²) in [6.07, 6.45) is 0. The lowest BCUT2D eigenvalue weighted by molar-refractivity contribution is -0.507. The summed E-state index contributed by atoms with van der Waals surface area (Å²) in [7, 11) is 1.20. The van der Waals surface area contributed by atoms with Crippen molar-refractivity contribution in [2.75, 3.05) is 7.11 Å². The van der Waals surface area contributed by atoms with Crippen molar-refractivity contribution in [3.63, 3.8) is 0 Å². The van der Waals surface area contributed by atoms with Crippen LogP contribution in [0.5, 0.6) is 0 Å². The zero-order valence-corrected chi connectivity index (χ0v) is 15.7. The average Bonchev–Trinajstić information content (AvgIpc) is 2.77. The molecule has 0 bridgehead atoms. The number of rotatable bonds is 7. The molecule has 0 aliphatic rings. The van der Waals surface area contributed by atoms with E-state index in [0.717, 1.165) is 0 Å². The standard InChI is InChI=1S/C23H19NO5/c1-29-23(26)19-15-9-8-14-18(19)22(25)21(24(27)28)20(16-10-4-2-5-11-16)17-12-6-3-7-13-17/h2-15,20-21H,1H3/t21-/m1/s1. The normalized spacial score (nSPS) is 11.7. The highest BCUT2D eigenvalue weighted by atomic mass is 16.6. The van der Waals surface area contributed by atoms with Crippen LogP contribution >= 0.6 is 0 Å². The van der Waals surface area contributed by atoms with Crippen LogP contribution in [0.3, 0.4) is 0 Å². The predicted molar refractivity (Wildman–Crippen MR) is 108 cm³/mol. The van der Waals surface area contributed by atoms with E-state index >= 15 is 0 Å². The van der Waals surface area contributed by atoms with Gasteiger partial charge in [0.1, 0.15) is 0 Å². The minimum absolute atomic E-state index is 0.00623. The van der Waals surface area contributed by atoms with Crippen LogP contribution in [0, 0.1) is 10.1 Å². The second-order valence-electron chi connectivity index (χ2n) is 6.43. The summed E-state index contributed by atoms with van der Waals surface area (Å²) in [5.41, 5.74) is 1.26. The van der Waals surface area contributed by atoms with Crippen LogP contribution < -0.4 is 0 Å². The fourth-order valence-electron chi connectivity index (χ4n) is 3.39. The Morgan fingerprint density at radius 2 is 1.24 bits per heavy atom. The summed E-state index contributed by atoms with van der Waals surface area (Å²) in [5, 5.41) is 12.1. The van der Waals surface area contributed by atoms with Crippen LogP contribution in [-0.2, 0) is 4.74 Å². The number of carbonyl (C=O) groups is 2. The Bertz CT molecular complexity index is 978. The van der Waals surface area contributed by atoms with E-state index in [9.17, 15) is 19.7 Å². The Hall–Kier alpha value is -3.80. The smallest absolute Gasteiger partial charge is 0.338 e. The minimum Gasteiger partial charge on any atom is -0.465 e. The van der Waals surface area contributed by atoms with Crippen molar-refractivity contribution in [3.05, 3.63) is 117 Å². The number of Topliss-reactive ketones (excluding diaryl/α,β-unsaturated/α-hetero) is 1. The molecule has 0 saturated carbocycles. The lowest BCUT2D eigenvalue weighted by Gasteiger charge is -2.22. The molecule has 0 amide bonds. The van der Waals surface area contributed by atoms with Gasteiger partial charge in [-0.15, -0.1) is 0 Å². The third-order valence-electron chi connectivity index (χ3n) is 4.73. The Morgan fingerprint density at radius 3 is 1.69 bits per heavy atom. The van der Waals surface area contributed by atoms with Gasteiger partial charge in [0, 0.05) is 10.5 Å². The van der Waals surface area contributed by atoms with Crippen molar-refractivity contribution < 1.29 is 19.2 Å². The molecule has 0 aromatic heterocycles. The van der Waals surface area contributed by atoms with Crippen LogP contribution in [0.15, 0.2) is 84.9 Å². The van der Waals surface area contributed by atoms with Crippen molar-refractivity contribution in [3.8, 4) is 0 Å². The van der Waals surface area contributed by atoms with Gasteiger partial charge >= 0.3 is 5.97 Å². The summed E-state index contributed by atoms with van der Waals surface area (Å²) in [6, 6.07) is 22.1. The van der Waals surface area contributed by atoms with Gasteiger partial charge in [-0.25, -0.2) is 4.79 Å². The predicted octanol–water partition coefficient (Wildman–Crippen LogP) is 4.13. The molecule has 0 aliphatic heterocycles. The molecule has 0 fully saturated rings. The lowest BCUT2D eigenvalue weighted by Crippen LogP contribution is -2.37. The molecule has 0 unspecified atom stereocenters. The van der Waals surface area contributed by atoms with Gasteiger partial charge in [0.2, 0.25) is 5.78 Å². The number of hydrogen-bond donors (Lipinski definition) is 0. The number of methoxy groups -OCH3 is 1. The van der Waals surface area contributed by atoms with E-state index in [4.69, 9.17) is 4.74 Å². The van der Waals surface area contributed by atoms with Crippen LogP contribution in [0.1, 0.15) is 37.8 Å². The van der Waals surface area contributed by atoms with Crippen molar-refractivity contribution >= 4 is 11.8 Å². The molecule has 3 rings (SSSR count). The molecule has 0 radical (unpaired) electrons. The highest BCUT2D eigenvalue weighted by Gasteiger charge is 2.42. The van der Waals surface area contributed by atoms with Gasteiger partial charge in [-0.05, 0) is 17.2 Å². The average molecular weight is 389 g/mol. The number of ketones is 1. The first kappa shape index (κ1) is 19.9. The second kappa shape index (κ2) is 8.93. The van der Waals surface area contributed by atoms with Gasteiger partial charge in [0.05, 0.1) is 18.6 Å². The number of nitrogens with zero attached hydrogens (tertiary/aromatic N) is 1. The van der Waals surface area contributed by atoms with Crippen molar-refractivity contribution in [2.24, 2.45) is 0 Å². The van der Waals surface area contributed by atoms with Gasteiger partial charge in [-0.2, -0.15) is 0 Å². The summed E-state index contributed by atoms with van der Waals surface area (Å²) < 4.78 is 4.74. The van der Waals surface area contributed by atoms with Crippen LogP contribution in [0.25, 0.3) is 0 Å². The van der Waals surface area contributed by atoms with Crippen molar-refractivity contribution in [1.29, 1.82) is 0 Å². The van der Waals surface area contributed by atoms with Crippen molar-refractivity contribution in [1.82, 2.24) is 0 Å². The van der Waals surface area contributed by atoms with E-state index in [0.29, 0.717) is 11.1 Å². The Morgan fingerprint density at radius 1 is 0.793 bits per heavy atom. The molecule has 1 atom stereocenters. The third kappa shape index (κ3) is 4.21. The topological polar surface area (TPSA) is 86.5 Å². The van der Waals surface area contributed by atoms with E-state index in [2.05, 4.69) is 0 Å². The number of carbonyl (C=O) groups excluding carboxylic acids is 2. The number of benzene rings is 3. The summed E-state index contributed by atoms with van der Waals surface area (Å²) in [5.74, 6) is -2.27. The van der Waals surface area contributed by atoms with E-state index in [-0.39, 0.29) is 11.1 Å². The lowest BCUT2D eigenvalue weighted by atomic mass is 9.81. The Balaban J connectivity index is 2.16. The largest absolute Gasteiger partial charge is 0.465 e. The van der Waals surface area contributed by atoms with E-state index in [1.807, 2.05) is 0 Å². The molecule has 146 valence electrons. The van der Waals surface area contributed by atoms with Gasteiger partial charge in [-0.1, -0.05) is 78.9 Å². The number of nitro groups is 1. The maximum atomic E-state index is 13.4. The SMILES string of the molecule is COC(=O)c1ccccc1C(=O)[C@@H](C(c1ccccc1)c1ccccc1)[N+](=O)[O-]. The molecule has 6 nitrogen and oxygen atoms in total. The molecule has 0 saturated heterocycles. The molecule has 3 aromatic carbocycles. The molecule has 29 heavy (non-hydrogen) atoms. The quantitative estimate of drug-likeness (QED) is 0.262. The Kier molecular flexibility index (Phi) is 6.14. The van der Waals surface area contributed by atoms with Gasteiger partial charge in [0.15, 0.2) is 0 Å². The first-order valence-corrected chi connectivity index (χ1v) is 8.99. The Labute approximate surface area is 167 Å². The molecule has 3 aromatic rings. The first-order valence-electron chi connectivity index (χ1n) is 8.99. The van der Waals surface area contributed by atoms with Crippen LogP contribution in [0.4, 0.5) is 0 Å². The molecular formula is C23H19NO5. The fourth-order valence-corrected chi connectivity index (χ4v) is 3.39. The monoisotopic (exact) mass is 389 g/mol. The number of ether oxygens (including phenoxy) is 1. The van der Waals surface area contributed by atoms with E-state index in [1.165, 1.54) is 19.2 Å². The van der Waals surface area contributed by atoms with Crippen LogP contribution in [-0.4, -0.2) is 29.8 Å². The zero-order valence-electron chi connectivity index (χ0n) is 15.7. The minimum atomic E-state index is -1.61. The van der Waals surface area contributed by atoms with Crippen molar-refractivity contribution in [2.45, 2.75) is 12.0 Å². The molecule has 6 heteroatoms. The summed E-state index contributed by atoms with van der Waals surface area (Å²) >= 11 is 0.